The number of benzene rings is 4. The van der Waals surface area contributed by atoms with Gasteiger partial charge in [-0.25, -0.2) is 20.0 Å². The van der Waals surface area contributed by atoms with Crippen molar-refractivity contribution in [3.8, 4) is 22.3 Å². The van der Waals surface area contributed by atoms with Gasteiger partial charge >= 0.3 is 12.1 Å². The van der Waals surface area contributed by atoms with E-state index in [1.54, 1.807) is 0 Å². The molecule has 0 saturated carbocycles. The van der Waals surface area contributed by atoms with E-state index < -0.39 is 24.2 Å². The van der Waals surface area contributed by atoms with Gasteiger partial charge in [0.15, 0.2) is 6.10 Å². The minimum atomic E-state index is -1.04. The predicted octanol–water partition coefficient (Wildman–Crippen LogP) is 6.11. The summed E-state index contributed by atoms with van der Waals surface area (Å²) < 4.78 is 6.35. The van der Waals surface area contributed by atoms with E-state index in [1.165, 1.54) is 22.3 Å². The normalized spacial score (nSPS) is 16.8. The van der Waals surface area contributed by atoms with Crippen molar-refractivity contribution in [1.82, 2.24) is 10.4 Å². The number of aliphatic carboxylic acids is 1. The zero-order chi connectivity index (χ0) is 26.5. The monoisotopic (exact) mass is 516 g/mol. The number of carboxylic acids is 1. The number of nitrogens with one attached hydrogen (secondary N) is 1. The first kappa shape index (κ1) is 23.7. The molecule has 0 radical (unpaired) electrons. The first-order chi connectivity index (χ1) is 19.1. The molecule has 0 bridgehead atoms. The molecule has 0 spiro atoms. The van der Waals surface area contributed by atoms with Crippen LogP contribution in [0.25, 0.3) is 22.3 Å². The highest BCUT2D eigenvalue weighted by Gasteiger charge is 2.37. The average Bonchev–Trinajstić information content (AvgIpc) is 3.54. The summed E-state index contributed by atoms with van der Waals surface area (Å²) in [7, 11) is 0. The highest BCUT2D eigenvalue weighted by molar-refractivity contribution is 5.82. The molecule has 0 aromatic heterocycles. The summed E-state index contributed by atoms with van der Waals surface area (Å²) in [6.45, 7) is 0.523. The Morgan fingerprint density at radius 3 is 1.87 bits per heavy atom. The average molecular weight is 517 g/mol. The lowest BCUT2D eigenvalue weighted by Crippen LogP contribution is -2.56. The Hall–Kier alpha value is -4.42. The molecule has 6 heteroatoms. The highest BCUT2D eigenvalue weighted by Crippen LogP contribution is 2.46. The number of amides is 1. The topological polar surface area (TPSA) is 78.9 Å². The van der Waals surface area contributed by atoms with E-state index in [0.29, 0.717) is 19.4 Å². The summed E-state index contributed by atoms with van der Waals surface area (Å²) in [5, 5.41) is 11.0. The van der Waals surface area contributed by atoms with Crippen molar-refractivity contribution in [1.29, 1.82) is 0 Å². The Morgan fingerprint density at radius 2 is 1.31 bits per heavy atom. The maximum Gasteiger partial charge on any atom is 0.426 e. The zero-order valence-electron chi connectivity index (χ0n) is 21.4. The first-order valence-electron chi connectivity index (χ1n) is 13.5. The lowest BCUT2D eigenvalue weighted by molar-refractivity contribution is -0.145. The second kappa shape index (κ2) is 9.40. The lowest BCUT2D eigenvalue weighted by Gasteiger charge is -2.34. The molecule has 1 saturated heterocycles. The van der Waals surface area contributed by atoms with E-state index in [0.717, 1.165) is 51.2 Å². The zero-order valence-corrected chi connectivity index (χ0v) is 21.4. The maximum atomic E-state index is 13.7. The van der Waals surface area contributed by atoms with Crippen molar-refractivity contribution < 1.29 is 19.4 Å². The Bertz CT molecular complexity index is 1530. The second-order valence-corrected chi connectivity index (χ2v) is 10.5. The summed E-state index contributed by atoms with van der Waals surface area (Å²) in [4.78, 5) is 25.6. The smallest absolute Gasteiger partial charge is 0.426 e. The molecule has 3 aliphatic rings. The molecule has 1 aliphatic heterocycles. The molecular weight excluding hydrogens is 488 g/mol. The molecule has 194 valence electrons. The molecule has 2 N–H and O–H groups in total. The van der Waals surface area contributed by atoms with Crippen LogP contribution in [0.1, 0.15) is 52.3 Å². The third-order valence-electron chi connectivity index (χ3n) is 8.29. The number of rotatable bonds is 4. The molecule has 6 nitrogen and oxygen atoms in total. The Labute approximate surface area is 226 Å². The number of nitrogens with zero attached hydrogens (tertiary/aromatic N) is 1. The molecule has 1 fully saturated rings. The van der Waals surface area contributed by atoms with Crippen molar-refractivity contribution in [2.45, 2.75) is 37.8 Å². The van der Waals surface area contributed by atoms with Crippen LogP contribution in [0.2, 0.25) is 0 Å². The van der Waals surface area contributed by atoms with Crippen LogP contribution in [-0.2, 0) is 22.4 Å². The fraction of sp³-hybridized carbons (Fsp3) is 0.212. The van der Waals surface area contributed by atoms with Crippen LogP contribution in [0, 0.1) is 0 Å². The van der Waals surface area contributed by atoms with Crippen LogP contribution in [-0.4, -0.2) is 34.8 Å². The second-order valence-electron chi connectivity index (χ2n) is 10.5. The number of fused-ring (bicyclic) bond motifs is 6. The standard InChI is InChI=1S/C33H28N2O4/c36-32(37)30-16-7-17-34-35(30)33(38)39-31(26-14-5-12-24-22-10-3-1-8-20(22)18-28(24)26)27-15-6-13-25-23-11-4-2-9-21(23)19-29(25)27/h1-6,8-15,30-31,34H,7,16-19H2,(H,36,37). The number of hydrazine groups is 1. The Kier molecular flexibility index (Phi) is 5.71. The number of ether oxygens (including phenoxy) is 1. The summed E-state index contributed by atoms with van der Waals surface area (Å²) in [5.74, 6) is -1.04. The summed E-state index contributed by atoms with van der Waals surface area (Å²) in [6, 6.07) is 28.2. The molecule has 1 heterocycles. The number of hydrogen-bond donors (Lipinski definition) is 2. The molecule has 4 aromatic rings. The van der Waals surface area contributed by atoms with Crippen LogP contribution >= 0.6 is 0 Å². The maximum absolute atomic E-state index is 13.7. The van der Waals surface area contributed by atoms with Gasteiger partial charge in [0.25, 0.3) is 0 Å². The Balaban J connectivity index is 1.35. The first-order valence-corrected chi connectivity index (χ1v) is 13.5. The number of carbonyl (C=O) groups excluding carboxylic acids is 1. The van der Waals surface area contributed by atoms with Crippen LogP contribution in [0.15, 0.2) is 84.9 Å². The van der Waals surface area contributed by atoms with Gasteiger partial charge in [0.1, 0.15) is 6.04 Å². The number of carboxylic acid groups (broad SMARTS) is 1. The Morgan fingerprint density at radius 1 is 0.769 bits per heavy atom. The van der Waals surface area contributed by atoms with E-state index in [4.69, 9.17) is 4.74 Å². The van der Waals surface area contributed by atoms with Gasteiger partial charge in [0.05, 0.1) is 0 Å². The highest BCUT2D eigenvalue weighted by atomic mass is 16.6. The molecule has 39 heavy (non-hydrogen) atoms. The minimum absolute atomic E-state index is 0.383. The molecule has 4 aromatic carbocycles. The van der Waals surface area contributed by atoms with Crippen LogP contribution in [0.5, 0.6) is 0 Å². The van der Waals surface area contributed by atoms with Crippen molar-refractivity contribution in [3.05, 3.63) is 118 Å². The SMILES string of the molecule is O=C(O)C1CCCNN1C(=O)OC(c1cccc2c1Cc1ccccc1-2)c1cccc2c1Cc1ccccc1-2. The van der Waals surface area contributed by atoms with Gasteiger partial charge < -0.3 is 9.84 Å². The van der Waals surface area contributed by atoms with Gasteiger partial charge in [-0.05, 0) is 70.2 Å². The van der Waals surface area contributed by atoms with Gasteiger partial charge in [0.2, 0.25) is 0 Å². The molecular formula is C33H28N2O4. The number of carbonyl (C=O) groups is 2. The third kappa shape index (κ3) is 3.91. The van der Waals surface area contributed by atoms with Crippen molar-refractivity contribution in [2.75, 3.05) is 6.54 Å². The van der Waals surface area contributed by atoms with Crippen molar-refractivity contribution >= 4 is 12.1 Å². The van der Waals surface area contributed by atoms with E-state index in [9.17, 15) is 14.7 Å². The van der Waals surface area contributed by atoms with Crippen LogP contribution in [0.3, 0.4) is 0 Å². The fourth-order valence-corrected chi connectivity index (χ4v) is 6.47. The van der Waals surface area contributed by atoms with E-state index in [-0.39, 0.29) is 0 Å². The molecule has 1 atom stereocenters. The van der Waals surface area contributed by atoms with E-state index >= 15 is 0 Å². The lowest BCUT2D eigenvalue weighted by atomic mass is 9.89. The minimum Gasteiger partial charge on any atom is -0.480 e. The molecule has 7 rings (SSSR count). The number of hydrogen-bond acceptors (Lipinski definition) is 4. The van der Waals surface area contributed by atoms with Crippen LogP contribution in [0.4, 0.5) is 4.79 Å². The predicted molar refractivity (Wildman–Crippen MR) is 148 cm³/mol. The van der Waals surface area contributed by atoms with Crippen LogP contribution < -0.4 is 5.43 Å². The summed E-state index contributed by atoms with van der Waals surface area (Å²) in [6.07, 6.45) is 1.21. The van der Waals surface area contributed by atoms with Crippen molar-refractivity contribution in [3.63, 3.8) is 0 Å². The molecule has 1 amide bonds. The van der Waals surface area contributed by atoms with E-state index in [1.807, 2.05) is 36.4 Å². The summed E-state index contributed by atoms with van der Waals surface area (Å²) >= 11 is 0. The summed E-state index contributed by atoms with van der Waals surface area (Å²) in [5.41, 5.74) is 14.3. The van der Waals surface area contributed by atoms with Gasteiger partial charge in [0, 0.05) is 17.7 Å². The third-order valence-corrected chi connectivity index (χ3v) is 8.29. The molecule has 2 aliphatic carbocycles. The quantitative estimate of drug-likeness (QED) is 0.296. The fourth-order valence-electron chi connectivity index (χ4n) is 6.47. The van der Waals surface area contributed by atoms with Gasteiger partial charge in [-0.15, -0.1) is 0 Å². The molecule has 1 unspecified atom stereocenters. The van der Waals surface area contributed by atoms with Gasteiger partial charge in [-0.3, -0.25) is 0 Å². The van der Waals surface area contributed by atoms with Gasteiger partial charge in [-0.2, -0.15) is 0 Å². The largest absolute Gasteiger partial charge is 0.480 e. The van der Waals surface area contributed by atoms with Gasteiger partial charge in [-0.1, -0.05) is 84.9 Å². The van der Waals surface area contributed by atoms with Crippen molar-refractivity contribution in [2.24, 2.45) is 0 Å². The van der Waals surface area contributed by atoms with E-state index in [2.05, 4.69) is 54.0 Å².